The van der Waals surface area contributed by atoms with Crippen molar-refractivity contribution in [1.82, 2.24) is 10.2 Å². The Bertz CT molecular complexity index is 182. The first-order valence-corrected chi connectivity index (χ1v) is 6.13. The lowest BCUT2D eigenvalue weighted by Crippen LogP contribution is -2.50. The molecule has 1 heterocycles. The fourth-order valence-electron chi connectivity index (χ4n) is 1.92. The Labute approximate surface area is 94.2 Å². The SMILES string of the molecule is CCC(C)NCCN1CCOC(C)(C)C1. The van der Waals surface area contributed by atoms with E-state index in [1.54, 1.807) is 0 Å². The summed E-state index contributed by atoms with van der Waals surface area (Å²) in [4.78, 5) is 2.48. The molecule has 1 aliphatic heterocycles. The van der Waals surface area contributed by atoms with Gasteiger partial charge < -0.3 is 10.1 Å². The van der Waals surface area contributed by atoms with Crippen molar-refractivity contribution in [3.05, 3.63) is 0 Å². The molecule has 1 aliphatic rings. The van der Waals surface area contributed by atoms with E-state index in [-0.39, 0.29) is 5.60 Å². The van der Waals surface area contributed by atoms with Crippen molar-refractivity contribution < 1.29 is 4.74 Å². The molecule has 1 N–H and O–H groups in total. The molecule has 0 aliphatic carbocycles. The number of hydrogen-bond acceptors (Lipinski definition) is 3. The largest absolute Gasteiger partial charge is 0.373 e. The van der Waals surface area contributed by atoms with E-state index in [0.717, 1.165) is 32.8 Å². The lowest BCUT2D eigenvalue weighted by Gasteiger charge is -2.38. The first-order chi connectivity index (χ1) is 7.03. The van der Waals surface area contributed by atoms with Crippen LogP contribution in [0.4, 0.5) is 0 Å². The summed E-state index contributed by atoms with van der Waals surface area (Å²) in [6.45, 7) is 14.0. The van der Waals surface area contributed by atoms with Gasteiger partial charge in [0.1, 0.15) is 0 Å². The summed E-state index contributed by atoms with van der Waals surface area (Å²) in [7, 11) is 0. The third kappa shape index (κ3) is 4.96. The monoisotopic (exact) mass is 214 g/mol. The smallest absolute Gasteiger partial charge is 0.0753 e. The van der Waals surface area contributed by atoms with Crippen LogP contribution in [0.1, 0.15) is 34.1 Å². The highest BCUT2D eigenvalue weighted by Gasteiger charge is 2.26. The molecule has 3 heteroatoms. The van der Waals surface area contributed by atoms with Gasteiger partial charge in [0.2, 0.25) is 0 Å². The third-order valence-corrected chi connectivity index (χ3v) is 3.04. The molecule has 1 saturated heterocycles. The van der Waals surface area contributed by atoms with Crippen molar-refractivity contribution in [2.75, 3.05) is 32.8 Å². The summed E-state index contributed by atoms with van der Waals surface area (Å²) in [6.07, 6.45) is 1.20. The van der Waals surface area contributed by atoms with Crippen molar-refractivity contribution in [3.63, 3.8) is 0 Å². The molecule has 1 rings (SSSR count). The quantitative estimate of drug-likeness (QED) is 0.750. The van der Waals surface area contributed by atoms with E-state index in [1.807, 2.05) is 0 Å². The second-order valence-electron chi connectivity index (χ2n) is 5.15. The molecule has 90 valence electrons. The van der Waals surface area contributed by atoms with Crippen molar-refractivity contribution in [1.29, 1.82) is 0 Å². The van der Waals surface area contributed by atoms with Gasteiger partial charge in [-0.15, -0.1) is 0 Å². The summed E-state index contributed by atoms with van der Waals surface area (Å²) >= 11 is 0. The minimum atomic E-state index is 0.0363. The molecule has 15 heavy (non-hydrogen) atoms. The molecular weight excluding hydrogens is 188 g/mol. The number of nitrogens with zero attached hydrogens (tertiary/aromatic N) is 1. The van der Waals surface area contributed by atoms with Gasteiger partial charge in [-0.3, -0.25) is 4.90 Å². The van der Waals surface area contributed by atoms with E-state index < -0.39 is 0 Å². The maximum Gasteiger partial charge on any atom is 0.0753 e. The number of nitrogens with one attached hydrogen (secondary N) is 1. The molecule has 0 saturated carbocycles. The van der Waals surface area contributed by atoms with Crippen molar-refractivity contribution in [2.45, 2.75) is 45.8 Å². The van der Waals surface area contributed by atoms with Gasteiger partial charge in [0, 0.05) is 32.2 Å². The zero-order valence-electron chi connectivity index (χ0n) is 10.7. The van der Waals surface area contributed by atoms with E-state index in [4.69, 9.17) is 4.74 Å². The van der Waals surface area contributed by atoms with Gasteiger partial charge in [0.15, 0.2) is 0 Å². The van der Waals surface area contributed by atoms with Crippen LogP contribution >= 0.6 is 0 Å². The fourth-order valence-corrected chi connectivity index (χ4v) is 1.92. The van der Waals surface area contributed by atoms with E-state index in [2.05, 4.69) is 37.9 Å². The number of hydrogen-bond donors (Lipinski definition) is 1. The van der Waals surface area contributed by atoms with Crippen LogP contribution in [0, 0.1) is 0 Å². The van der Waals surface area contributed by atoms with Crippen LogP contribution in [0.15, 0.2) is 0 Å². The molecule has 0 aromatic carbocycles. The maximum atomic E-state index is 5.68. The molecule has 1 unspecified atom stereocenters. The summed E-state index contributed by atoms with van der Waals surface area (Å²) < 4.78 is 5.68. The van der Waals surface area contributed by atoms with Crippen molar-refractivity contribution in [2.24, 2.45) is 0 Å². The lowest BCUT2D eigenvalue weighted by molar-refractivity contribution is -0.0855. The highest BCUT2D eigenvalue weighted by Crippen LogP contribution is 2.15. The standard InChI is InChI=1S/C12H26N2O/c1-5-11(2)13-6-7-14-8-9-15-12(3,4)10-14/h11,13H,5-10H2,1-4H3. The highest BCUT2D eigenvalue weighted by molar-refractivity contribution is 4.79. The molecule has 1 atom stereocenters. The van der Waals surface area contributed by atoms with Crippen molar-refractivity contribution in [3.8, 4) is 0 Å². The van der Waals surface area contributed by atoms with Crippen LogP contribution in [0.5, 0.6) is 0 Å². The Hall–Kier alpha value is -0.120. The van der Waals surface area contributed by atoms with E-state index >= 15 is 0 Å². The Kier molecular flexibility index (Phi) is 5.03. The summed E-state index contributed by atoms with van der Waals surface area (Å²) in [5.41, 5.74) is 0.0363. The van der Waals surface area contributed by atoms with Gasteiger partial charge in [-0.2, -0.15) is 0 Å². The van der Waals surface area contributed by atoms with Crippen LogP contribution in [0.3, 0.4) is 0 Å². The first kappa shape index (κ1) is 12.9. The fraction of sp³-hybridized carbons (Fsp3) is 1.00. The molecule has 1 fully saturated rings. The van der Waals surface area contributed by atoms with Crippen LogP contribution < -0.4 is 5.32 Å². The Balaban J connectivity index is 2.16. The van der Waals surface area contributed by atoms with Gasteiger partial charge in [0.25, 0.3) is 0 Å². The molecule has 3 nitrogen and oxygen atoms in total. The number of morpholine rings is 1. The predicted molar refractivity (Wildman–Crippen MR) is 64.2 cm³/mol. The van der Waals surface area contributed by atoms with Crippen molar-refractivity contribution >= 4 is 0 Å². The zero-order chi connectivity index (χ0) is 11.3. The lowest BCUT2D eigenvalue weighted by atomic mass is 10.1. The van der Waals surface area contributed by atoms with Gasteiger partial charge in [-0.25, -0.2) is 0 Å². The van der Waals surface area contributed by atoms with E-state index in [0.29, 0.717) is 6.04 Å². The zero-order valence-corrected chi connectivity index (χ0v) is 10.7. The Morgan fingerprint density at radius 2 is 2.20 bits per heavy atom. The molecule has 0 aromatic rings. The van der Waals surface area contributed by atoms with Crippen LogP contribution in [0.25, 0.3) is 0 Å². The predicted octanol–water partition coefficient (Wildman–Crippen LogP) is 1.49. The minimum Gasteiger partial charge on any atom is -0.373 e. The molecule has 0 radical (unpaired) electrons. The Morgan fingerprint density at radius 3 is 2.80 bits per heavy atom. The summed E-state index contributed by atoms with van der Waals surface area (Å²) in [5.74, 6) is 0. The summed E-state index contributed by atoms with van der Waals surface area (Å²) in [5, 5.41) is 3.52. The second-order valence-corrected chi connectivity index (χ2v) is 5.15. The van der Waals surface area contributed by atoms with Crippen LogP contribution in [0.2, 0.25) is 0 Å². The molecular formula is C12H26N2O. The van der Waals surface area contributed by atoms with Gasteiger partial charge in [-0.05, 0) is 27.2 Å². The number of ether oxygens (including phenoxy) is 1. The average Bonchev–Trinajstić information content (AvgIpc) is 2.16. The van der Waals surface area contributed by atoms with E-state index in [1.165, 1.54) is 6.42 Å². The summed E-state index contributed by atoms with van der Waals surface area (Å²) in [6, 6.07) is 0.638. The molecule has 0 bridgehead atoms. The minimum absolute atomic E-state index is 0.0363. The maximum absolute atomic E-state index is 5.68. The van der Waals surface area contributed by atoms with E-state index in [9.17, 15) is 0 Å². The second kappa shape index (κ2) is 5.83. The van der Waals surface area contributed by atoms with Gasteiger partial charge in [0.05, 0.1) is 12.2 Å². The van der Waals surface area contributed by atoms with Crippen LogP contribution in [-0.2, 0) is 4.74 Å². The molecule has 0 spiro atoms. The Morgan fingerprint density at radius 1 is 1.47 bits per heavy atom. The van der Waals surface area contributed by atoms with Gasteiger partial charge >= 0.3 is 0 Å². The highest BCUT2D eigenvalue weighted by atomic mass is 16.5. The average molecular weight is 214 g/mol. The first-order valence-electron chi connectivity index (χ1n) is 6.13. The topological polar surface area (TPSA) is 24.5 Å². The third-order valence-electron chi connectivity index (χ3n) is 3.04. The number of rotatable bonds is 5. The van der Waals surface area contributed by atoms with Crippen LogP contribution in [-0.4, -0.2) is 49.3 Å². The molecule has 0 aromatic heterocycles. The normalized spacial score (nSPS) is 24.0. The molecule has 0 amide bonds. The van der Waals surface area contributed by atoms with Gasteiger partial charge in [-0.1, -0.05) is 6.92 Å².